The number of amides is 2. The number of benzene rings is 4. The lowest BCUT2D eigenvalue weighted by Crippen LogP contribution is -2.40. The van der Waals surface area contributed by atoms with Crippen molar-refractivity contribution in [3.8, 4) is 5.69 Å². The van der Waals surface area contributed by atoms with Crippen LogP contribution in [-0.2, 0) is 6.54 Å². The van der Waals surface area contributed by atoms with E-state index in [1.807, 2.05) is 74.5 Å². The Labute approximate surface area is 226 Å². The van der Waals surface area contributed by atoms with Gasteiger partial charge in [0.05, 0.1) is 22.6 Å². The van der Waals surface area contributed by atoms with Crippen LogP contribution in [0.15, 0.2) is 108 Å². The summed E-state index contributed by atoms with van der Waals surface area (Å²) in [6.45, 7) is 4.19. The molecular formula is C32H29FN4O2. The van der Waals surface area contributed by atoms with Gasteiger partial charge >= 0.3 is 6.03 Å². The number of para-hydroxylation sites is 2. The van der Waals surface area contributed by atoms with Crippen LogP contribution in [0.25, 0.3) is 16.6 Å². The molecule has 7 heteroatoms. The van der Waals surface area contributed by atoms with Gasteiger partial charge in [-0.25, -0.2) is 14.2 Å². The number of urea groups is 1. The second-order valence-electron chi connectivity index (χ2n) is 9.39. The monoisotopic (exact) mass is 520 g/mol. The molecule has 0 saturated heterocycles. The molecule has 1 aromatic heterocycles. The van der Waals surface area contributed by atoms with Crippen molar-refractivity contribution in [1.82, 2.24) is 14.5 Å². The molecule has 1 heterocycles. The van der Waals surface area contributed by atoms with E-state index in [9.17, 15) is 14.0 Å². The summed E-state index contributed by atoms with van der Waals surface area (Å²) >= 11 is 0. The largest absolute Gasteiger partial charge is 0.322 e. The normalized spacial score (nSPS) is 11.8. The van der Waals surface area contributed by atoms with E-state index in [0.29, 0.717) is 41.1 Å². The Kier molecular flexibility index (Phi) is 7.50. The van der Waals surface area contributed by atoms with Gasteiger partial charge in [0.2, 0.25) is 0 Å². The van der Waals surface area contributed by atoms with Crippen molar-refractivity contribution in [1.29, 1.82) is 0 Å². The second-order valence-corrected chi connectivity index (χ2v) is 9.39. The number of aromatic nitrogens is 2. The molecule has 0 aliphatic rings. The molecule has 0 radical (unpaired) electrons. The lowest BCUT2D eigenvalue weighted by atomic mass is 10.1. The van der Waals surface area contributed by atoms with E-state index >= 15 is 0 Å². The molecule has 0 spiro atoms. The maximum atomic E-state index is 13.9. The third-order valence-corrected chi connectivity index (χ3v) is 6.79. The van der Waals surface area contributed by atoms with E-state index in [2.05, 4.69) is 5.32 Å². The predicted molar refractivity (Wildman–Crippen MR) is 153 cm³/mol. The zero-order chi connectivity index (χ0) is 27.4. The summed E-state index contributed by atoms with van der Waals surface area (Å²) in [6, 6.07) is 29.3. The Hall–Kier alpha value is -4.78. The molecule has 1 atom stereocenters. The third kappa shape index (κ3) is 5.43. The van der Waals surface area contributed by atoms with Crippen molar-refractivity contribution in [2.45, 2.75) is 32.9 Å². The molecule has 1 N–H and O–H groups in total. The van der Waals surface area contributed by atoms with Crippen LogP contribution in [0.1, 0.15) is 36.3 Å². The second kappa shape index (κ2) is 11.3. The number of nitrogens with zero attached hydrogens (tertiary/aromatic N) is 3. The van der Waals surface area contributed by atoms with Gasteiger partial charge in [0, 0.05) is 12.2 Å². The van der Waals surface area contributed by atoms with E-state index in [0.717, 1.165) is 11.1 Å². The number of anilines is 1. The van der Waals surface area contributed by atoms with Gasteiger partial charge in [0.1, 0.15) is 11.6 Å². The van der Waals surface area contributed by atoms with Gasteiger partial charge in [-0.3, -0.25) is 9.36 Å². The number of fused-ring (bicyclic) bond motifs is 1. The van der Waals surface area contributed by atoms with Crippen molar-refractivity contribution in [3.05, 3.63) is 136 Å². The molecule has 1 unspecified atom stereocenters. The summed E-state index contributed by atoms with van der Waals surface area (Å²) in [5.41, 5.74) is 3.32. The molecule has 0 bridgehead atoms. The summed E-state index contributed by atoms with van der Waals surface area (Å²) in [7, 11) is 0. The van der Waals surface area contributed by atoms with E-state index in [1.165, 1.54) is 16.7 Å². The van der Waals surface area contributed by atoms with Gasteiger partial charge in [-0.05, 0) is 66.9 Å². The first kappa shape index (κ1) is 25.9. The molecule has 0 fully saturated rings. The number of nitrogens with one attached hydrogen (secondary N) is 1. The number of aryl methyl sites for hydroxylation is 1. The van der Waals surface area contributed by atoms with Gasteiger partial charge in [-0.15, -0.1) is 0 Å². The fourth-order valence-electron chi connectivity index (χ4n) is 4.76. The quantitative estimate of drug-likeness (QED) is 0.251. The number of hydrogen-bond donors (Lipinski definition) is 1. The lowest BCUT2D eigenvalue weighted by Gasteiger charge is -2.32. The minimum atomic E-state index is -0.573. The van der Waals surface area contributed by atoms with Crippen LogP contribution in [0.5, 0.6) is 0 Å². The molecule has 4 aromatic carbocycles. The minimum absolute atomic E-state index is 0.278. The SMILES string of the molecule is CCC(c1nc2ccccc2c(=O)n1-c1ccc(F)cc1)N(Cc1ccccc1)C(=O)Nc1ccccc1C. The number of rotatable bonds is 7. The van der Waals surface area contributed by atoms with Crippen LogP contribution >= 0.6 is 0 Å². The van der Waals surface area contributed by atoms with E-state index in [4.69, 9.17) is 4.98 Å². The maximum absolute atomic E-state index is 13.9. The molecule has 0 aliphatic heterocycles. The van der Waals surface area contributed by atoms with Crippen LogP contribution in [0.2, 0.25) is 0 Å². The molecule has 5 rings (SSSR count). The molecule has 2 amide bonds. The highest BCUT2D eigenvalue weighted by molar-refractivity contribution is 5.90. The number of hydrogen-bond acceptors (Lipinski definition) is 3. The molecule has 0 aliphatic carbocycles. The summed E-state index contributed by atoms with van der Waals surface area (Å²) in [5.74, 6) is 0.00104. The molecule has 0 saturated carbocycles. The van der Waals surface area contributed by atoms with Gasteiger partial charge in [-0.1, -0.05) is 67.6 Å². The third-order valence-electron chi connectivity index (χ3n) is 6.79. The van der Waals surface area contributed by atoms with Crippen LogP contribution in [0.3, 0.4) is 0 Å². The molecule has 39 heavy (non-hydrogen) atoms. The average Bonchev–Trinajstić information content (AvgIpc) is 2.95. The lowest BCUT2D eigenvalue weighted by molar-refractivity contribution is 0.177. The first-order chi connectivity index (χ1) is 19.0. The van der Waals surface area contributed by atoms with Crippen LogP contribution in [0.4, 0.5) is 14.9 Å². The summed E-state index contributed by atoms with van der Waals surface area (Å²) in [5, 5.41) is 3.50. The van der Waals surface area contributed by atoms with Crippen molar-refractivity contribution >= 4 is 22.6 Å². The van der Waals surface area contributed by atoms with Crippen LogP contribution in [0, 0.1) is 12.7 Å². The zero-order valence-electron chi connectivity index (χ0n) is 21.8. The van der Waals surface area contributed by atoms with E-state index in [1.54, 1.807) is 35.2 Å². The summed E-state index contributed by atoms with van der Waals surface area (Å²) < 4.78 is 15.3. The Balaban J connectivity index is 1.68. The van der Waals surface area contributed by atoms with E-state index in [-0.39, 0.29) is 11.6 Å². The summed E-state index contributed by atoms with van der Waals surface area (Å²) in [4.78, 5) is 34.4. The molecule has 6 nitrogen and oxygen atoms in total. The highest BCUT2D eigenvalue weighted by Crippen LogP contribution is 2.29. The molecule has 5 aromatic rings. The smallest absolute Gasteiger partial charge is 0.310 e. The van der Waals surface area contributed by atoms with E-state index < -0.39 is 11.9 Å². The maximum Gasteiger partial charge on any atom is 0.322 e. The number of carbonyl (C=O) groups is 1. The average molecular weight is 521 g/mol. The molecular weight excluding hydrogens is 491 g/mol. The fraction of sp³-hybridized carbons (Fsp3) is 0.156. The number of halogens is 1. The van der Waals surface area contributed by atoms with Crippen molar-refractivity contribution in [3.63, 3.8) is 0 Å². The van der Waals surface area contributed by atoms with Crippen molar-refractivity contribution < 1.29 is 9.18 Å². The van der Waals surface area contributed by atoms with Gasteiger partial charge in [0.25, 0.3) is 5.56 Å². The Morgan fingerprint density at radius 2 is 1.59 bits per heavy atom. The van der Waals surface area contributed by atoms with Crippen molar-refractivity contribution in [2.24, 2.45) is 0 Å². The first-order valence-corrected chi connectivity index (χ1v) is 12.9. The summed E-state index contributed by atoms with van der Waals surface area (Å²) in [6.07, 6.45) is 0.486. The topological polar surface area (TPSA) is 67.2 Å². The molecule has 196 valence electrons. The van der Waals surface area contributed by atoms with Crippen LogP contribution < -0.4 is 10.9 Å². The van der Waals surface area contributed by atoms with Crippen LogP contribution in [-0.4, -0.2) is 20.5 Å². The van der Waals surface area contributed by atoms with Gasteiger partial charge in [-0.2, -0.15) is 0 Å². The minimum Gasteiger partial charge on any atom is -0.310 e. The first-order valence-electron chi connectivity index (χ1n) is 12.9. The van der Waals surface area contributed by atoms with Gasteiger partial charge in [0.15, 0.2) is 0 Å². The zero-order valence-corrected chi connectivity index (χ0v) is 21.8. The fourth-order valence-corrected chi connectivity index (χ4v) is 4.76. The standard InChI is InChI=1S/C32H29FN4O2/c1-3-29(36(21-23-12-5-4-6-13-23)32(39)35-27-15-9-7-11-22(27)2)30-34-28-16-10-8-14-26(28)31(38)37(30)25-19-17-24(33)18-20-25/h4-20,29H,3,21H2,1-2H3,(H,35,39). The Bertz CT molecular complexity index is 1670. The Morgan fingerprint density at radius 3 is 2.31 bits per heavy atom. The Morgan fingerprint density at radius 1 is 0.923 bits per heavy atom. The van der Waals surface area contributed by atoms with Crippen molar-refractivity contribution in [2.75, 3.05) is 5.32 Å². The predicted octanol–water partition coefficient (Wildman–Crippen LogP) is 7.02. The highest BCUT2D eigenvalue weighted by atomic mass is 19.1. The van der Waals surface area contributed by atoms with Gasteiger partial charge < -0.3 is 10.2 Å². The number of carbonyl (C=O) groups excluding carboxylic acids is 1. The highest BCUT2D eigenvalue weighted by Gasteiger charge is 2.29.